The number of amides is 1. The number of nitrogens with one attached hydrogen (secondary N) is 2. The summed E-state index contributed by atoms with van der Waals surface area (Å²) in [4.78, 5) is 23.3. The highest BCUT2D eigenvalue weighted by molar-refractivity contribution is 7.86. The molecule has 1 aliphatic rings. The number of nitrogens with zero attached hydrogens (tertiary/aromatic N) is 5. The summed E-state index contributed by atoms with van der Waals surface area (Å²) in [7, 11) is -8.89. The molecule has 4 rings (SSSR count). The molecule has 36 heavy (non-hydrogen) atoms. The average Bonchev–Trinajstić information content (AvgIpc) is 3.03. The van der Waals surface area contributed by atoms with Gasteiger partial charge in [-0.1, -0.05) is 35.3 Å². The Bertz CT molecular complexity index is 1580. The van der Waals surface area contributed by atoms with Gasteiger partial charge in [0.2, 0.25) is 28.2 Å². The van der Waals surface area contributed by atoms with Gasteiger partial charge in [-0.05, 0) is 36.4 Å². The second kappa shape index (κ2) is 8.99. The molecule has 0 saturated carbocycles. The van der Waals surface area contributed by atoms with Crippen molar-refractivity contribution < 1.29 is 30.7 Å². The number of hydrogen-bond donors (Lipinski definition) is 4. The van der Waals surface area contributed by atoms with E-state index in [9.17, 15) is 26.2 Å². The Kier molecular flexibility index (Phi) is 6.44. The Morgan fingerprint density at radius 2 is 1.36 bits per heavy atom. The first-order chi connectivity index (χ1) is 16.7. The molecule has 187 valence electrons. The predicted octanol–water partition coefficient (Wildman–Crippen LogP) is 2.34. The zero-order valence-corrected chi connectivity index (χ0v) is 20.5. The second-order valence-corrected chi connectivity index (χ2v) is 11.3. The minimum Gasteiger partial charge on any atom is -0.324 e. The zero-order valence-electron chi connectivity index (χ0n) is 17.4. The summed E-state index contributed by atoms with van der Waals surface area (Å²) < 4.78 is 61.1. The number of carbonyl (C=O) groups is 1. The third-order valence-corrected chi connectivity index (χ3v) is 7.41. The second-order valence-electron chi connectivity index (χ2n) is 7.12. The number of benzene rings is 2. The van der Waals surface area contributed by atoms with Crippen molar-refractivity contribution in [2.45, 2.75) is 19.8 Å². The highest BCUT2D eigenvalue weighted by atomic mass is 35.5. The molecule has 4 N–H and O–H groups in total. The number of rotatable bonds is 7. The van der Waals surface area contributed by atoms with Crippen LogP contribution in [0.5, 0.6) is 0 Å². The fourth-order valence-corrected chi connectivity index (χ4v) is 4.49. The quantitative estimate of drug-likeness (QED) is 0.237. The van der Waals surface area contributed by atoms with E-state index in [2.05, 4.69) is 42.1 Å². The average molecular weight is 573 g/mol. The Hall–Kier alpha value is -3.28. The zero-order chi connectivity index (χ0) is 26.4. The van der Waals surface area contributed by atoms with Gasteiger partial charge in [-0.2, -0.15) is 31.8 Å². The molecule has 1 radical (unpaired) electrons. The molecule has 1 atom stereocenters. The molecule has 0 bridgehead atoms. The summed E-state index contributed by atoms with van der Waals surface area (Å²) in [6.07, 6.45) is 2.32. The molecule has 2 heterocycles. The van der Waals surface area contributed by atoms with E-state index in [1.165, 1.54) is 24.3 Å². The van der Waals surface area contributed by atoms with Crippen molar-refractivity contribution in [3.8, 4) is 0 Å². The predicted molar refractivity (Wildman–Crippen MR) is 124 cm³/mol. The Morgan fingerprint density at radius 3 is 1.86 bits per heavy atom. The van der Waals surface area contributed by atoms with Crippen LogP contribution in [-0.4, -0.2) is 51.1 Å². The lowest BCUT2D eigenvalue weighted by Crippen LogP contribution is -2.49. The topological polar surface area (TPSA) is 213 Å². The fraction of sp³-hybridized carbons (Fsp3) is 0.111. The van der Waals surface area contributed by atoms with Gasteiger partial charge in [0.15, 0.2) is 0 Å². The molecule has 0 saturated heterocycles. The van der Waals surface area contributed by atoms with Crippen molar-refractivity contribution in [2.75, 3.05) is 10.6 Å². The molecule has 0 spiro atoms. The first kappa shape index (κ1) is 25.8. The van der Waals surface area contributed by atoms with Crippen LogP contribution < -0.4 is 10.6 Å². The largest absolute Gasteiger partial charge is 0.324 e. The van der Waals surface area contributed by atoms with Crippen molar-refractivity contribution in [1.82, 2.24) is 15.0 Å². The highest BCUT2D eigenvalue weighted by Crippen LogP contribution is 2.49. The SMILES string of the molecule is O=C1N=NC(Nc2n[c]nc(Nc3ccc(S(=O)(=O)O)cc3)n2)(c2ccc(S(=O)(=O)O)cc2)C1(Cl)Cl. The van der Waals surface area contributed by atoms with Gasteiger partial charge in [0.25, 0.3) is 20.2 Å². The molecule has 3 aromatic rings. The van der Waals surface area contributed by atoms with Gasteiger partial charge >= 0.3 is 5.91 Å². The molecule has 0 aliphatic carbocycles. The molecule has 2 aromatic carbocycles. The third-order valence-electron chi connectivity index (χ3n) is 4.81. The number of carbonyl (C=O) groups excluding carboxylic acids is 1. The first-order valence-corrected chi connectivity index (χ1v) is 13.0. The van der Waals surface area contributed by atoms with Crippen LogP contribution in [0, 0.1) is 6.33 Å². The van der Waals surface area contributed by atoms with Crippen molar-refractivity contribution in [3.05, 3.63) is 60.4 Å². The van der Waals surface area contributed by atoms with Gasteiger partial charge < -0.3 is 10.6 Å². The maximum Gasteiger partial charge on any atom is 0.305 e. The molecule has 18 heteroatoms. The van der Waals surface area contributed by atoms with Gasteiger partial charge in [-0.3, -0.25) is 13.9 Å². The molecular formula is C18H12Cl2N7O7S2. The van der Waals surface area contributed by atoms with Crippen LogP contribution in [-0.2, 0) is 30.7 Å². The van der Waals surface area contributed by atoms with E-state index in [4.69, 9.17) is 27.8 Å². The maximum atomic E-state index is 12.3. The van der Waals surface area contributed by atoms with Crippen LogP contribution in [0.15, 0.2) is 68.6 Å². The number of azo groups is 1. The van der Waals surface area contributed by atoms with Crippen LogP contribution in [0.25, 0.3) is 0 Å². The number of aromatic nitrogens is 3. The summed E-state index contributed by atoms with van der Waals surface area (Å²) in [5.74, 6) is -1.34. The number of alkyl halides is 2. The van der Waals surface area contributed by atoms with Crippen molar-refractivity contribution in [3.63, 3.8) is 0 Å². The Morgan fingerprint density at radius 1 is 0.833 bits per heavy atom. The molecule has 1 aromatic heterocycles. The van der Waals surface area contributed by atoms with Crippen LogP contribution in [0.4, 0.5) is 17.6 Å². The first-order valence-electron chi connectivity index (χ1n) is 9.40. The number of hydrogen-bond acceptors (Lipinski definition) is 11. The number of halogens is 2. The third kappa shape index (κ3) is 4.86. The van der Waals surface area contributed by atoms with E-state index in [1.54, 1.807) is 0 Å². The molecular weight excluding hydrogens is 561 g/mol. The van der Waals surface area contributed by atoms with E-state index in [1.807, 2.05) is 0 Å². The van der Waals surface area contributed by atoms with E-state index < -0.39 is 41.0 Å². The number of anilines is 3. The summed E-state index contributed by atoms with van der Waals surface area (Å²) >= 11 is 12.6. The summed E-state index contributed by atoms with van der Waals surface area (Å²) in [5.41, 5.74) is -1.61. The minimum atomic E-state index is -4.51. The summed E-state index contributed by atoms with van der Waals surface area (Å²) in [5, 5.41) is 12.8. The van der Waals surface area contributed by atoms with Crippen molar-refractivity contribution in [2.24, 2.45) is 10.2 Å². The molecule has 14 nitrogen and oxygen atoms in total. The van der Waals surface area contributed by atoms with Gasteiger partial charge in [-0.25, -0.2) is 0 Å². The Labute approximate surface area is 213 Å². The normalized spacial score (nSPS) is 19.3. The standard InChI is InChI=1S/C18H12Cl2N7O7S2/c19-17(20)14(28)26-27-18(17,10-1-5-12(6-2-10)35(29,30)31)25-16-22-9-21-15(24-16)23-11-3-7-13(8-4-11)36(32,33)34/h1-8H,(H,29,30,31)(H,32,33,34)(H2,21,22,23,24,25). The van der Waals surface area contributed by atoms with Crippen LogP contribution in [0.1, 0.15) is 5.56 Å². The summed E-state index contributed by atoms with van der Waals surface area (Å²) in [6.45, 7) is 0. The van der Waals surface area contributed by atoms with Gasteiger partial charge in [0.1, 0.15) is 0 Å². The highest BCUT2D eigenvalue weighted by Gasteiger charge is 2.62. The molecule has 0 fully saturated rings. The molecule has 1 amide bonds. The van der Waals surface area contributed by atoms with E-state index in [0.717, 1.165) is 24.3 Å². The van der Waals surface area contributed by atoms with Gasteiger partial charge in [0, 0.05) is 11.3 Å². The van der Waals surface area contributed by atoms with E-state index in [-0.39, 0.29) is 22.4 Å². The molecule has 1 unspecified atom stereocenters. The van der Waals surface area contributed by atoms with Crippen molar-refractivity contribution in [1.29, 1.82) is 0 Å². The van der Waals surface area contributed by atoms with Gasteiger partial charge in [-0.15, -0.1) is 10.2 Å². The van der Waals surface area contributed by atoms with E-state index >= 15 is 0 Å². The lowest BCUT2D eigenvalue weighted by atomic mass is 9.96. The minimum absolute atomic E-state index is 0.0743. The smallest absolute Gasteiger partial charge is 0.305 e. The van der Waals surface area contributed by atoms with Crippen LogP contribution in [0.3, 0.4) is 0 Å². The lowest BCUT2D eigenvalue weighted by molar-refractivity contribution is -0.118. The van der Waals surface area contributed by atoms with Crippen molar-refractivity contribution >= 4 is 66.9 Å². The monoisotopic (exact) mass is 572 g/mol. The van der Waals surface area contributed by atoms with Gasteiger partial charge in [0.05, 0.1) is 9.79 Å². The van der Waals surface area contributed by atoms with Crippen LogP contribution in [0.2, 0.25) is 0 Å². The van der Waals surface area contributed by atoms with E-state index in [0.29, 0.717) is 5.69 Å². The fourth-order valence-electron chi connectivity index (χ4n) is 3.07. The van der Waals surface area contributed by atoms with Crippen LogP contribution >= 0.6 is 23.2 Å². The summed E-state index contributed by atoms with van der Waals surface area (Å²) in [6, 6.07) is 9.45. The lowest BCUT2D eigenvalue weighted by Gasteiger charge is -2.33. The molecule has 1 aliphatic heterocycles. The maximum absolute atomic E-state index is 12.3. The Balaban J connectivity index is 1.67.